The number of carbonyl (C=O) groups is 1. The highest BCUT2D eigenvalue weighted by Gasteiger charge is 2.24. The summed E-state index contributed by atoms with van der Waals surface area (Å²) in [5.41, 5.74) is 3.60. The molecule has 3 aromatic rings. The average Bonchev–Trinajstić information content (AvgIpc) is 2.83. The second-order valence-electron chi connectivity index (χ2n) is 7.92. The minimum atomic E-state index is -0.126. The predicted octanol–water partition coefficient (Wildman–Crippen LogP) is 5.17. The van der Waals surface area contributed by atoms with E-state index >= 15 is 0 Å². The average molecular weight is 466 g/mol. The van der Waals surface area contributed by atoms with E-state index in [1.54, 1.807) is 0 Å². The minimum absolute atomic E-state index is 0.126. The lowest BCUT2D eigenvalue weighted by molar-refractivity contribution is 0.208. The molecule has 1 aromatic heterocycles. The number of anilines is 2. The number of nitrogens with one attached hydrogen (secondary N) is 1. The largest absolute Gasteiger partial charge is 0.492 e. The van der Waals surface area contributed by atoms with E-state index in [2.05, 4.69) is 15.2 Å². The van der Waals surface area contributed by atoms with Crippen molar-refractivity contribution in [1.82, 2.24) is 14.9 Å². The van der Waals surface area contributed by atoms with E-state index in [9.17, 15) is 4.79 Å². The number of aromatic nitrogens is 2. The maximum Gasteiger partial charge on any atom is 0.322 e. The lowest BCUT2D eigenvalue weighted by Gasteiger charge is -2.36. The van der Waals surface area contributed by atoms with Crippen LogP contribution in [0.4, 0.5) is 16.3 Å². The Bertz CT molecular complexity index is 1130. The fourth-order valence-corrected chi connectivity index (χ4v) is 3.94. The molecule has 2 aromatic carbocycles. The Morgan fingerprint density at radius 3 is 2.42 bits per heavy atom. The highest BCUT2D eigenvalue weighted by atomic mass is 35.5. The van der Waals surface area contributed by atoms with Crippen LogP contribution < -0.4 is 15.0 Å². The van der Waals surface area contributed by atoms with Gasteiger partial charge in [-0.3, -0.25) is 0 Å². The highest BCUT2D eigenvalue weighted by molar-refractivity contribution is 6.30. The molecule has 0 radical (unpaired) electrons. The molecule has 1 aliphatic rings. The molecule has 7 nitrogen and oxygen atoms in total. The third kappa shape index (κ3) is 5.20. The van der Waals surface area contributed by atoms with E-state index in [-0.39, 0.29) is 6.03 Å². The van der Waals surface area contributed by atoms with Gasteiger partial charge < -0.3 is 19.9 Å². The number of ether oxygens (including phenoxy) is 1. The minimum Gasteiger partial charge on any atom is -0.492 e. The van der Waals surface area contributed by atoms with Crippen molar-refractivity contribution < 1.29 is 9.53 Å². The van der Waals surface area contributed by atoms with Crippen molar-refractivity contribution in [2.75, 3.05) is 43.0 Å². The van der Waals surface area contributed by atoms with Gasteiger partial charge in [0, 0.05) is 48.0 Å². The summed E-state index contributed by atoms with van der Waals surface area (Å²) in [6.07, 6.45) is 0. The maximum atomic E-state index is 12.9. The van der Waals surface area contributed by atoms with Gasteiger partial charge in [0.1, 0.15) is 11.6 Å². The summed E-state index contributed by atoms with van der Waals surface area (Å²) in [5.74, 6) is 2.26. The number of halogens is 1. The van der Waals surface area contributed by atoms with E-state index in [1.807, 2.05) is 74.2 Å². The topological polar surface area (TPSA) is 70.6 Å². The maximum absolute atomic E-state index is 12.9. The van der Waals surface area contributed by atoms with Crippen molar-refractivity contribution in [3.63, 3.8) is 0 Å². The molecule has 0 aliphatic carbocycles. The van der Waals surface area contributed by atoms with Gasteiger partial charge in [-0.2, -0.15) is 0 Å². The van der Waals surface area contributed by atoms with Gasteiger partial charge in [-0.05, 0) is 57.2 Å². The van der Waals surface area contributed by atoms with Crippen LogP contribution in [0.25, 0.3) is 11.4 Å². The quantitative estimate of drug-likeness (QED) is 0.563. The van der Waals surface area contributed by atoms with Crippen molar-refractivity contribution >= 4 is 29.1 Å². The number of hydrogen-bond donors (Lipinski definition) is 1. The van der Waals surface area contributed by atoms with Gasteiger partial charge >= 0.3 is 6.03 Å². The summed E-state index contributed by atoms with van der Waals surface area (Å²) in [6.45, 7) is 9.09. The molecule has 33 heavy (non-hydrogen) atoms. The van der Waals surface area contributed by atoms with Crippen molar-refractivity contribution in [2.45, 2.75) is 20.8 Å². The van der Waals surface area contributed by atoms with Crippen molar-refractivity contribution in [3.05, 3.63) is 64.8 Å². The summed E-state index contributed by atoms with van der Waals surface area (Å²) in [7, 11) is 0. The van der Waals surface area contributed by atoms with Crippen molar-refractivity contribution in [1.29, 1.82) is 0 Å². The number of urea groups is 1. The van der Waals surface area contributed by atoms with Gasteiger partial charge in [0.15, 0.2) is 5.82 Å². The summed E-state index contributed by atoms with van der Waals surface area (Å²) in [6, 6.07) is 14.9. The number of para-hydroxylation sites is 2. The fraction of sp³-hybridized carbons (Fsp3) is 0.320. The SMILES string of the molecule is CCOc1ccccc1NC(=O)N1CCN(c2nc(-c3ccc(Cl)cc3)nc(C)c2C)CC1. The number of amides is 2. The first kappa shape index (κ1) is 22.9. The number of benzene rings is 2. The van der Waals surface area contributed by atoms with Crippen LogP contribution >= 0.6 is 11.6 Å². The molecule has 2 amide bonds. The lowest BCUT2D eigenvalue weighted by Crippen LogP contribution is -2.50. The van der Waals surface area contributed by atoms with Crippen LogP contribution in [0.2, 0.25) is 5.02 Å². The first-order chi connectivity index (χ1) is 16.0. The number of hydrogen-bond acceptors (Lipinski definition) is 5. The zero-order valence-electron chi connectivity index (χ0n) is 19.1. The van der Waals surface area contributed by atoms with Crippen LogP contribution in [-0.4, -0.2) is 53.7 Å². The summed E-state index contributed by atoms with van der Waals surface area (Å²) >= 11 is 6.03. The zero-order chi connectivity index (χ0) is 23.4. The van der Waals surface area contributed by atoms with Crippen molar-refractivity contribution in [2.24, 2.45) is 0 Å². The molecule has 1 fully saturated rings. The molecule has 1 N–H and O–H groups in total. The Balaban J connectivity index is 1.45. The van der Waals surface area contributed by atoms with Crippen LogP contribution in [0, 0.1) is 13.8 Å². The molecule has 0 saturated carbocycles. The third-order valence-electron chi connectivity index (χ3n) is 5.76. The molecule has 0 atom stereocenters. The monoisotopic (exact) mass is 465 g/mol. The Hall–Kier alpha value is -3.32. The first-order valence-electron chi connectivity index (χ1n) is 11.1. The lowest BCUT2D eigenvalue weighted by atomic mass is 10.1. The second-order valence-corrected chi connectivity index (χ2v) is 8.36. The van der Waals surface area contributed by atoms with E-state index in [0.29, 0.717) is 55.1 Å². The van der Waals surface area contributed by atoms with Gasteiger partial charge in [-0.1, -0.05) is 23.7 Å². The standard InChI is InChI=1S/C25H28ClN5O2/c1-4-33-22-8-6-5-7-21(22)28-25(32)31-15-13-30(14-16-31)24-17(2)18(3)27-23(29-24)19-9-11-20(26)12-10-19/h5-12H,4,13-16H2,1-3H3,(H,28,32). The Morgan fingerprint density at radius 1 is 1.03 bits per heavy atom. The molecule has 0 unspecified atom stereocenters. The molecule has 0 bridgehead atoms. The van der Waals surface area contributed by atoms with Crippen LogP contribution in [0.15, 0.2) is 48.5 Å². The molecule has 0 spiro atoms. The normalized spacial score (nSPS) is 13.7. The predicted molar refractivity (Wildman–Crippen MR) is 132 cm³/mol. The van der Waals surface area contributed by atoms with Crippen molar-refractivity contribution in [3.8, 4) is 17.1 Å². The van der Waals surface area contributed by atoms with E-state index in [4.69, 9.17) is 21.3 Å². The number of carbonyl (C=O) groups excluding carboxylic acids is 1. The van der Waals surface area contributed by atoms with Gasteiger partial charge in [0.25, 0.3) is 0 Å². The van der Waals surface area contributed by atoms with Gasteiger partial charge in [0.2, 0.25) is 0 Å². The first-order valence-corrected chi connectivity index (χ1v) is 11.5. The summed E-state index contributed by atoms with van der Waals surface area (Å²) in [5, 5.41) is 3.66. The number of aryl methyl sites for hydroxylation is 1. The summed E-state index contributed by atoms with van der Waals surface area (Å²) in [4.78, 5) is 26.4. The van der Waals surface area contributed by atoms with Crippen LogP contribution in [0.5, 0.6) is 5.75 Å². The molecule has 8 heteroatoms. The molecule has 1 aliphatic heterocycles. The van der Waals surface area contributed by atoms with Gasteiger partial charge in [-0.15, -0.1) is 0 Å². The number of rotatable bonds is 5. The molecule has 2 heterocycles. The van der Waals surface area contributed by atoms with Crippen LogP contribution in [0.1, 0.15) is 18.2 Å². The zero-order valence-corrected chi connectivity index (χ0v) is 19.9. The second kappa shape index (κ2) is 10.1. The summed E-state index contributed by atoms with van der Waals surface area (Å²) < 4.78 is 5.62. The number of nitrogens with zero attached hydrogens (tertiary/aromatic N) is 4. The highest BCUT2D eigenvalue weighted by Crippen LogP contribution is 2.27. The molecular weight excluding hydrogens is 438 g/mol. The molecular formula is C25H28ClN5O2. The van der Waals surface area contributed by atoms with Gasteiger partial charge in [0.05, 0.1) is 12.3 Å². The third-order valence-corrected chi connectivity index (χ3v) is 6.01. The smallest absolute Gasteiger partial charge is 0.322 e. The number of piperazine rings is 1. The van der Waals surface area contributed by atoms with E-state index < -0.39 is 0 Å². The Kier molecular flexibility index (Phi) is 6.99. The fourth-order valence-electron chi connectivity index (χ4n) is 3.82. The van der Waals surface area contributed by atoms with E-state index in [0.717, 1.165) is 22.6 Å². The van der Waals surface area contributed by atoms with Crippen LogP contribution in [-0.2, 0) is 0 Å². The Morgan fingerprint density at radius 2 is 1.73 bits per heavy atom. The van der Waals surface area contributed by atoms with E-state index in [1.165, 1.54) is 0 Å². The molecule has 4 rings (SSSR count). The molecule has 1 saturated heterocycles. The Labute approximate surface area is 199 Å². The van der Waals surface area contributed by atoms with Gasteiger partial charge in [-0.25, -0.2) is 14.8 Å². The molecule has 172 valence electrons. The van der Waals surface area contributed by atoms with Crippen LogP contribution in [0.3, 0.4) is 0 Å².